The zero-order chi connectivity index (χ0) is 14.0. The third kappa shape index (κ3) is 2.87. The summed E-state index contributed by atoms with van der Waals surface area (Å²) in [6.07, 6.45) is 3.16. The smallest absolute Gasteiger partial charge is 0.131 e. The molecule has 0 unspecified atom stereocenters. The summed E-state index contributed by atoms with van der Waals surface area (Å²) in [7, 11) is 0. The van der Waals surface area contributed by atoms with E-state index in [2.05, 4.69) is 20.1 Å². The minimum Gasteiger partial charge on any atom is -0.383 e. The van der Waals surface area contributed by atoms with Crippen molar-refractivity contribution in [2.45, 2.75) is 31.9 Å². The molecule has 0 radical (unpaired) electrons. The highest BCUT2D eigenvalue weighted by atomic mass is 32.1. The fraction of sp³-hybridized carbons (Fsp3) is 0.500. The van der Waals surface area contributed by atoms with Crippen LogP contribution in [0.3, 0.4) is 0 Å². The van der Waals surface area contributed by atoms with E-state index in [9.17, 15) is 5.11 Å². The maximum atomic E-state index is 10.7. The molecule has 0 bridgehead atoms. The van der Waals surface area contributed by atoms with Gasteiger partial charge in [0.1, 0.15) is 15.6 Å². The van der Waals surface area contributed by atoms with Gasteiger partial charge in [0.05, 0.1) is 12.2 Å². The molecular formula is C14H18N4OS. The normalized spacial score (nSPS) is 19.1. The van der Waals surface area contributed by atoms with Gasteiger partial charge in [0.15, 0.2) is 0 Å². The number of hydrogen-bond acceptors (Lipinski definition) is 6. The molecule has 1 N–H and O–H groups in total. The number of aryl methyl sites for hydroxylation is 1. The van der Waals surface area contributed by atoms with Crippen molar-refractivity contribution in [2.75, 3.05) is 13.1 Å². The first-order valence-corrected chi connectivity index (χ1v) is 7.63. The summed E-state index contributed by atoms with van der Waals surface area (Å²) in [6, 6.07) is 5.71. The second-order valence-electron chi connectivity index (χ2n) is 5.24. The van der Waals surface area contributed by atoms with Gasteiger partial charge in [-0.3, -0.25) is 9.88 Å². The number of likely N-dealkylation sites (tertiary alicyclic amines) is 1. The van der Waals surface area contributed by atoms with Crippen LogP contribution in [0.1, 0.15) is 28.6 Å². The standard InChI is InChI=1S/C14H18N4OS/c1-11-16-17-13(20-11)10-18-8-5-14(19,6-9-18)12-4-2-3-7-15-12/h2-4,7,19H,5-6,8-10H2,1H3. The fourth-order valence-electron chi connectivity index (χ4n) is 2.57. The molecule has 0 spiro atoms. The quantitative estimate of drug-likeness (QED) is 0.932. The molecule has 5 nitrogen and oxygen atoms in total. The van der Waals surface area contributed by atoms with E-state index < -0.39 is 5.60 Å². The largest absolute Gasteiger partial charge is 0.383 e. The molecule has 1 aliphatic heterocycles. The van der Waals surface area contributed by atoms with E-state index in [4.69, 9.17) is 0 Å². The van der Waals surface area contributed by atoms with E-state index in [0.29, 0.717) is 12.8 Å². The van der Waals surface area contributed by atoms with Crippen LogP contribution in [-0.2, 0) is 12.1 Å². The minimum absolute atomic E-state index is 0.710. The Bertz CT molecular complexity index is 564. The van der Waals surface area contributed by atoms with Gasteiger partial charge in [-0.25, -0.2) is 0 Å². The van der Waals surface area contributed by atoms with Crippen molar-refractivity contribution in [3.8, 4) is 0 Å². The molecule has 6 heteroatoms. The molecule has 0 aliphatic carbocycles. The van der Waals surface area contributed by atoms with Crippen LogP contribution in [0.5, 0.6) is 0 Å². The summed E-state index contributed by atoms with van der Waals surface area (Å²) in [5.41, 5.74) is 0.000781. The van der Waals surface area contributed by atoms with Gasteiger partial charge in [-0.1, -0.05) is 6.07 Å². The lowest BCUT2D eigenvalue weighted by Crippen LogP contribution is -2.42. The number of aliphatic hydroxyl groups is 1. The summed E-state index contributed by atoms with van der Waals surface area (Å²) >= 11 is 1.64. The van der Waals surface area contributed by atoms with Crippen molar-refractivity contribution in [3.63, 3.8) is 0 Å². The second kappa shape index (κ2) is 5.55. The molecule has 20 heavy (non-hydrogen) atoms. The van der Waals surface area contributed by atoms with Crippen molar-refractivity contribution in [2.24, 2.45) is 0 Å². The Morgan fingerprint density at radius 2 is 2.10 bits per heavy atom. The lowest BCUT2D eigenvalue weighted by atomic mass is 9.88. The predicted octanol–water partition coefficient (Wildman–Crippen LogP) is 1.73. The SMILES string of the molecule is Cc1nnc(CN2CCC(O)(c3ccccn3)CC2)s1. The van der Waals surface area contributed by atoms with Crippen LogP contribution in [0.2, 0.25) is 0 Å². The Morgan fingerprint density at radius 3 is 2.70 bits per heavy atom. The van der Waals surface area contributed by atoms with E-state index in [-0.39, 0.29) is 0 Å². The summed E-state index contributed by atoms with van der Waals surface area (Å²) in [4.78, 5) is 6.61. The van der Waals surface area contributed by atoms with Crippen molar-refractivity contribution >= 4 is 11.3 Å². The van der Waals surface area contributed by atoms with Gasteiger partial charge in [-0.05, 0) is 31.9 Å². The molecule has 1 aliphatic rings. The molecule has 106 valence electrons. The molecule has 0 atom stereocenters. The molecule has 3 rings (SSSR count). The number of aromatic nitrogens is 3. The van der Waals surface area contributed by atoms with E-state index in [0.717, 1.165) is 35.3 Å². The third-order valence-corrected chi connectivity index (χ3v) is 4.58. The lowest BCUT2D eigenvalue weighted by molar-refractivity contribution is -0.0311. The van der Waals surface area contributed by atoms with Gasteiger partial charge in [0.25, 0.3) is 0 Å². The summed E-state index contributed by atoms with van der Waals surface area (Å²) < 4.78 is 0. The van der Waals surface area contributed by atoms with Crippen LogP contribution < -0.4 is 0 Å². The molecule has 0 saturated carbocycles. The van der Waals surface area contributed by atoms with E-state index >= 15 is 0 Å². The van der Waals surface area contributed by atoms with Gasteiger partial charge >= 0.3 is 0 Å². The van der Waals surface area contributed by atoms with Crippen molar-refractivity contribution < 1.29 is 5.11 Å². The van der Waals surface area contributed by atoms with Crippen molar-refractivity contribution in [3.05, 3.63) is 40.1 Å². The van der Waals surface area contributed by atoms with Gasteiger partial charge in [-0.15, -0.1) is 21.5 Å². The molecule has 0 amide bonds. The van der Waals surface area contributed by atoms with E-state index in [1.165, 1.54) is 0 Å². The molecular weight excluding hydrogens is 272 g/mol. The van der Waals surface area contributed by atoms with E-state index in [1.807, 2.05) is 25.1 Å². The van der Waals surface area contributed by atoms with Crippen LogP contribution in [0.15, 0.2) is 24.4 Å². The summed E-state index contributed by atoms with van der Waals surface area (Å²) in [5, 5.41) is 21.0. The Hall–Kier alpha value is -1.37. The highest BCUT2D eigenvalue weighted by molar-refractivity contribution is 7.11. The maximum Gasteiger partial charge on any atom is 0.131 e. The zero-order valence-corrected chi connectivity index (χ0v) is 12.3. The molecule has 2 aromatic rings. The first kappa shape index (κ1) is 13.6. The minimum atomic E-state index is -0.783. The number of piperidine rings is 1. The average molecular weight is 290 g/mol. The number of nitrogens with zero attached hydrogens (tertiary/aromatic N) is 4. The Balaban J connectivity index is 1.62. The van der Waals surface area contributed by atoms with Gasteiger partial charge in [0.2, 0.25) is 0 Å². The molecule has 1 fully saturated rings. The molecule has 2 aromatic heterocycles. The third-order valence-electron chi connectivity index (χ3n) is 3.75. The monoisotopic (exact) mass is 290 g/mol. The summed E-state index contributed by atoms with van der Waals surface area (Å²) in [5.74, 6) is 0. The molecule has 1 saturated heterocycles. The average Bonchev–Trinajstić information content (AvgIpc) is 2.88. The first-order chi connectivity index (χ1) is 9.66. The Labute approximate surface area is 122 Å². The Morgan fingerprint density at radius 1 is 1.30 bits per heavy atom. The fourth-order valence-corrected chi connectivity index (χ4v) is 3.32. The van der Waals surface area contributed by atoms with Crippen LogP contribution in [0.4, 0.5) is 0 Å². The van der Waals surface area contributed by atoms with Gasteiger partial charge in [0, 0.05) is 19.3 Å². The van der Waals surface area contributed by atoms with Crippen LogP contribution >= 0.6 is 11.3 Å². The maximum absolute atomic E-state index is 10.7. The van der Waals surface area contributed by atoms with Gasteiger partial charge in [-0.2, -0.15) is 0 Å². The summed E-state index contributed by atoms with van der Waals surface area (Å²) in [6.45, 7) is 4.50. The topological polar surface area (TPSA) is 62.1 Å². The predicted molar refractivity (Wildman–Crippen MR) is 77.3 cm³/mol. The lowest BCUT2D eigenvalue weighted by Gasteiger charge is -2.37. The Kier molecular flexibility index (Phi) is 3.78. The number of rotatable bonds is 3. The van der Waals surface area contributed by atoms with Crippen molar-refractivity contribution in [1.29, 1.82) is 0 Å². The van der Waals surface area contributed by atoms with Crippen LogP contribution in [-0.4, -0.2) is 38.3 Å². The highest BCUT2D eigenvalue weighted by Crippen LogP contribution is 2.31. The second-order valence-corrected chi connectivity index (χ2v) is 6.50. The molecule has 0 aromatic carbocycles. The van der Waals surface area contributed by atoms with E-state index in [1.54, 1.807) is 17.5 Å². The number of hydrogen-bond donors (Lipinski definition) is 1. The van der Waals surface area contributed by atoms with Crippen LogP contribution in [0, 0.1) is 6.92 Å². The first-order valence-electron chi connectivity index (χ1n) is 6.81. The van der Waals surface area contributed by atoms with Crippen molar-refractivity contribution in [1.82, 2.24) is 20.1 Å². The highest BCUT2D eigenvalue weighted by Gasteiger charge is 2.35. The number of pyridine rings is 1. The zero-order valence-electron chi connectivity index (χ0n) is 11.5. The van der Waals surface area contributed by atoms with Crippen LogP contribution in [0.25, 0.3) is 0 Å². The van der Waals surface area contributed by atoms with Gasteiger partial charge < -0.3 is 5.11 Å². The molecule has 3 heterocycles.